The molecule has 6 heteroatoms. The summed E-state index contributed by atoms with van der Waals surface area (Å²) in [7, 11) is 0. The van der Waals surface area contributed by atoms with Gasteiger partial charge in [-0.3, -0.25) is 4.79 Å². The topological polar surface area (TPSA) is 62.5 Å². The van der Waals surface area contributed by atoms with Crippen molar-refractivity contribution < 1.29 is 4.79 Å². The zero-order valence-electron chi connectivity index (χ0n) is 18.2. The molecule has 6 nitrogen and oxygen atoms in total. The van der Waals surface area contributed by atoms with Crippen LogP contribution < -0.4 is 5.32 Å². The molecule has 4 rings (SSSR count). The summed E-state index contributed by atoms with van der Waals surface area (Å²) < 4.78 is 1.76. The number of aromatic nitrogens is 3. The fraction of sp³-hybridized carbons (Fsp3) is 0.458. The van der Waals surface area contributed by atoms with E-state index in [1.165, 1.54) is 36.9 Å². The number of hydrogen-bond acceptors (Lipinski definition) is 4. The number of amides is 1. The lowest BCUT2D eigenvalue weighted by Gasteiger charge is -2.33. The van der Waals surface area contributed by atoms with Gasteiger partial charge in [0.05, 0.1) is 11.9 Å². The fourth-order valence-electron chi connectivity index (χ4n) is 4.24. The zero-order valence-corrected chi connectivity index (χ0v) is 18.2. The molecule has 1 N–H and O–H groups in total. The molecule has 1 saturated heterocycles. The minimum atomic E-state index is -0.110. The molecule has 0 aliphatic carbocycles. The summed E-state index contributed by atoms with van der Waals surface area (Å²) in [4.78, 5) is 19.7. The average molecular weight is 406 g/mol. The van der Waals surface area contributed by atoms with Crippen molar-refractivity contribution in [2.45, 2.75) is 52.5 Å². The molecule has 1 aliphatic heterocycles. The number of likely N-dealkylation sites (tertiary alicyclic amines) is 1. The predicted molar refractivity (Wildman–Crippen MR) is 120 cm³/mol. The highest BCUT2D eigenvalue weighted by atomic mass is 16.1. The summed E-state index contributed by atoms with van der Waals surface area (Å²) in [6, 6.07) is 8.93. The van der Waals surface area contributed by atoms with Crippen LogP contribution in [0.5, 0.6) is 0 Å². The highest BCUT2D eigenvalue weighted by Crippen LogP contribution is 2.23. The van der Waals surface area contributed by atoms with E-state index in [2.05, 4.69) is 59.3 Å². The van der Waals surface area contributed by atoms with E-state index in [0.717, 1.165) is 24.2 Å². The molecular formula is C24H31N5O. The van der Waals surface area contributed by atoms with E-state index in [9.17, 15) is 4.79 Å². The number of benzene rings is 1. The Labute approximate surface area is 178 Å². The smallest absolute Gasteiger partial charge is 0.256 e. The Balaban J connectivity index is 1.44. The molecule has 0 bridgehead atoms. The first kappa shape index (κ1) is 20.5. The van der Waals surface area contributed by atoms with Crippen LogP contribution in [0, 0.1) is 13.8 Å². The maximum Gasteiger partial charge on any atom is 0.256 e. The van der Waals surface area contributed by atoms with E-state index < -0.39 is 0 Å². The van der Waals surface area contributed by atoms with Crippen LogP contribution in [-0.2, 0) is 0 Å². The number of hydrogen-bond donors (Lipinski definition) is 1. The third kappa shape index (κ3) is 4.24. The van der Waals surface area contributed by atoms with Gasteiger partial charge in [-0.05, 0) is 69.8 Å². The van der Waals surface area contributed by atoms with Crippen LogP contribution >= 0.6 is 0 Å². The van der Waals surface area contributed by atoms with Gasteiger partial charge in [0.25, 0.3) is 5.91 Å². The minimum Gasteiger partial charge on any atom is -0.352 e. The van der Waals surface area contributed by atoms with Gasteiger partial charge < -0.3 is 10.2 Å². The summed E-state index contributed by atoms with van der Waals surface area (Å²) in [5, 5.41) is 7.51. The van der Waals surface area contributed by atoms with Crippen molar-refractivity contribution in [2.75, 3.05) is 19.6 Å². The SMILES string of the molecule is Cc1ccc(-c2ccnc3c(C(=O)NCCCN4CCCCC4C)cnn23)cc1C. The van der Waals surface area contributed by atoms with Gasteiger partial charge in [-0.15, -0.1) is 0 Å². The Kier molecular flexibility index (Phi) is 6.13. The number of nitrogens with zero attached hydrogens (tertiary/aromatic N) is 4. The zero-order chi connectivity index (χ0) is 21.1. The summed E-state index contributed by atoms with van der Waals surface area (Å²) in [6.07, 6.45) is 8.22. The molecule has 1 aliphatic rings. The normalized spacial score (nSPS) is 17.4. The van der Waals surface area contributed by atoms with Crippen molar-refractivity contribution in [1.29, 1.82) is 0 Å². The quantitative estimate of drug-likeness (QED) is 0.630. The van der Waals surface area contributed by atoms with Gasteiger partial charge in [0.15, 0.2) is 5.65 Å². The molecule has 0 radical (unpaired) electrons. The molecule has 0 spiro atoms. The van der Waals surface area contributed by atoms with Gasteiger partial charge >= 0.3 is 0 Å². The van der Waals surface area contributed by atoms with Crippen molar-refractivity contribution in [1.82, 2.24) is 24.8 Å². The molecule has 1 atom stereocenters. The van der Waals surface area contributed by atoms with Crippen LogP contribution in [0.1, 0.15) is 54.1 Å². The lowest BCUT2D eigenvalue weighted by atomic mass is 10.0. The van der Waals surface area contributed by atoms with Crippen molar-refractivity contribution in [2.24, 2.45) is 0 Å². The van der Waals surface area contributed by atoms with Crippen molar-refractivity contribution >= 4 is 11.6 Å². The van der Waals surface area contributed by atoms with E-state index in [1.807, 2.05) is 6.07 Å². The monoisotopic (exact) mass is 405 g/mol. The summed E-state index contributed by atoms with van der Waals surface area (Å²) in [6.45, 7) is 9.37. The standard InChI is InChI=1S/C24H31N5O/c1-17-8-9-20(15-18(17)2)22-10-12-25-23-21(16-27-29(22)23)24(30)26-11-6-14-28-13-5-4-7-19(28)3/h8-10,12,15-16,19H,4-7,11,13-14H2,1-3H3,(H,26,30). The highest BCUT2D eigenvalue weighted by molar-refractivity contribution is 5.99. The van der Waals surface area contributed by atoms with Gasteiger partial charge in [0.1, 0.15) is 5.56 Å². The van der Waals surface area contributed by atoms with Gasteiger partial charge in [-0.25, -0.2) is 9.50 Å². The molecule has 30 heavy (non-hydrogen) atoms. The number of carbonyl (C=O) groups is 1. The summed E-state index contributed by atoms with van der Waals surface area (Å²) in [5.41, 5.74) is 5.59. The molecule has 0 saturated carbocycles. The van der Waals surface area contributed by atoms with Gasteiger partial charge in [0.2, 0.25) is 0 Å². The Morgan fingerprint density at radius 2 is 2.07 bits per heavy atom. The Morgan fingerprint density at radius 3 is 2.87 bits per heavy atom. The number of nitrogens with one attached hydrogen (secondary N) is 1. The Morgan fingerprint density at radius 1 is 1.20 bits per heavy atom. The molecule has 2 aromatic heterocycles. The van der Waals surface area contributed by atoms with Crippen molar-refractivity contribution in [3.63, 3.8) is 0 Å². The molecule has 158 valence electrons. The van der Waals surface area contributed by atoms with Crippen molar-refractivity contribution in [3.8, 4) is 11.3 Å². The van der Waals surface area contributed by atoms with Crippen LogP contribution in [0.2, 0.25) is 0 Å². The first-order valence-corrected chi connectivity index (χ1v) is 11.0. The summed E-state index contributed by atoms with van der Waals surface area (Å²) in [5.74, 6) is -0.110. The number of rotatable bonds is 6. The van der Waals surface area contributed by atoms with Gasteiger partial charge in [-0.2, -0.15) is 5.10 Å². The third-order valence-electron chi connectivity index (χ3n) is 6.30. The second-order valence-corrected chi connectivity index (χ2v) is 8.41. The Bertz CT molecular complexity index is 1040. The van der Waals surface area contributed by atoms with Crippen LogP contribution in [0.15, 0.2) is 36.7 Å². The van der Waals surface area contributed by atoms with Gasteiger partial charge in [-0.1, -0.05) is 18.6 Å². The van der Waals surface area contributed by atoms with E-state index in [4.69, 9.17) is 0 Å². The molecule has 1 fully saturated rings. The Hall–Kier alpha value is -2.73. The number of fused-ring (bicyclic) bond motifs is 1. The maximum atomic E-state index is 12.8. The molecule has 3 heterocycles. The van der Waals surface area contributed by atoms with Gasteiger partial charge in [0, 0.05) is 30.9 Å². The molecule has 3 aromatic rings. The van der Waals surface area contributed by atoms with Crippen LogP contribution in [0.4, 0.5) is 0 Å². The lowest BCUT2D eigenvalue weighted by Crippen LogP contribution is -2.39. The number of piperidine rings is 1. The first-order valence-electron chi connectivity index (χ1n) is 11.0. The average Bonchev–Trinajstić information content (AvgIpc) is 3.18. The largest absolute Gasteiger partial charge is 0.352 e. The van der Waals surface area contributed by atoms with Crippen LogP contribution in [-0.4, -0.2) is 51.1 Å². The second-order valence-electron chi connectivity index (χ2n) is 8.41. The third-order valence-corrected chi connectivity index (χ3v) is 6.30. The lowest BCUT2D eigenvalue weighted by molar-refractivity contribution is 0.0950. The van der Waals surface area contributed by atoms with E-state index in [1.54, 1.807) is 16.9 Å². The molecule has 1 aromatic carbocycles. The minimum absolute atomic E-state index is 0.110. The highest BCUT2D eigenvalue weighted by Gasteiger charge is 2.18. The summed E-state index contributed by atoms with van der Waals surface area (Å²) >= 11 is 0. The number of aryl methyl sites for hydroxylation is 2. The predicted octanol–water partition coefficient (Wildman–Crippen LogP) is 4.01. The van der Waals surface area contributed by atoms with Crippen LogP contribution in [0.3, 0.4) is 0 Å². The molecule has 1 unspecified atom stereocenters. The van der Waals surface area contributed by atoms with Crippen molar-refractivity contribution in [3.05, 3.63) is 53.3 Å². The van der Waals surface area contributed by atoms with Crippen LogP contribution in [0.25, 0.3) is 16.9 Å². The van der Waals surface area contributed by atoms with E-state index in [-0.39, 0.29) is 5.91 Å². The molecule has 1 amide bonds. The first-order chi connectivity index (χ1) is 14.5. The number of carbonyl (C=O) groups excluding carboxylic acids is 1. The second kappa shape index (κ2) is 8.96. The van der Waals surface area contributed by atoms with E-state index in [0.29, 0.717) is 23.8 Å². The van der Waals surface area contributed by atoms with E-state index >= 15 is 0 Å². The fourth-order valence-corrected chi connectivity index (χ4v) is 4.24. The maximum absolute atomic E-state index is 12.8. The molecular weight excluding hydrogens is 374 g/mol.